The highest BCUT2D eigenvalue weighted by atomic mass is 32.2. The van der Waals surface area contributed by atoms with Gasteiger partial charge in [-0.2, -0.15) is 0 Å². The van der Waals surface area contributed by atoms with Crippen molar-refractivity contribution in [3.63, 3.8) is 0 Å². The van der Waals surface area contributed by atoms with Crippen molar-refractivity contribution in [3.8, 4) is 11.8 Å². The van der Waals surface area contributed by atoms with E-state index in [4.69, 9.17) is 0 Å². The van der Waals surface area contributed by atoms with E-state index in [9.17, 15) is 14.0 Å². The van der Waals surface area contributed by atoms with Crippen LogP contribution in [0.2, 0.25) is 0 Å². The number of carbonyl (C=O) groups is 2. The van der Waals surface area contributed by atoms with Gasteiger partial charge < -0.3 is 4.74 Å². The van der Waals surface area contributed by atoms with Gasteiger partial charge in [-0.15, -0.1) is 0 Å². The van der Waals surface area contributed by atoms with Crippen molar-refractivity contribution in [1.82, 2.24) is 0 Å². The van der Waals surface area contributed by atoms with E-state index in [0.717, 1.165) is 0 Å². The molecule has 0 heterocycles. The van der Waals surface area contributed by atoms with E-state index in [1.54, 1.807) is 6.07 Å². The first-order chi connectivity index (χ1) is 9.04. The quantitative estimate of drug-likeness (QED) is 0.485. The number of esters is 1. The normalized spacial score (nSPS) is 9.42. The third-order valence-electron chi connectivity index (χ3n) is 2.14. The molecule has 0 aliphatic heterocycles. The smallest absolute Gasteiger partial charge is 0.340 e. The standard InChI is InChI=1S/C14H13FO3S/c1-10(16)19-8-4-3-5-11-6-7-12(13(15)9-11)14(17)18-2/h6-7,9H,4,8H2,1-2H3. The summed E-state index contributed by atoms with van der Waals surface area (Å²) in [6.45, 7) is 1.50. The molecule has 0 N–H and O–H groups in total. The van der Waals surface area contributed by atoms with E-state index in [0.29, 0.717) is 17.7 Å². The fourth-order valence-electron chi connectivity index (χ4n) is 1.28. The molecule has 0 aromatic heterocycles. The summed E-state index contributed by atoms with van der Waals surface area (Å²) in [7, 11) is 1.20. The molecule has 100 valence electrons. The van der Waals surface area contributed by atoms with Crippen molar-refractivity contribution in [1.29, 1.82) is 0 Å². The summed E-state index contributed by atoms with van der Waals surface area (Å²) < 4.78 is 18.0. The van der Waals surface area contributed by atoms with Gasteiger partial charge in [0.1, 0.15) is 5.82 Å². The molecule has 0 amide bonds. The Bertz CT molecular complexity index is 543. The van der Waals surface area contributed by atoms with Crippen LogP contribution in [0.5, 0.6) is 0 Å². The number of rotatable bonds is 3. The summed E-state index contributed by atoms with van der Waals surface area (Å²) in [6, 6.07) is 4.09. The number of halogens is 1. The second-order valence-electron chi connectivity index (χ2n) is 3.58. The maximum atomic E-state index is 13.6. The average Bonchev–Trinajstić information content (AvgIpc) is 2.37. The Morgan fingerprint density at radius 2 is 2.16 bits per heavy atom. The molecule has 0 bridgehead atoms. The van der Waals surface area contributed by atoms with Crippen molar-refractivity contribution < 1.29 is 18.7 Å². The number of hydrogen-bond donors (Lipinski definition) is 0. The Kier molecular flexibility index (Phi) is 6.10. The van der Waals surface area contributed by atoms with Crippen LogP contribution in [0.25, 0.3) is 0 Å². The number of methoxy groups -OCH3 is 1. The SMILES string of the molecule is COC(=O)c1ccc(C#CCCSC(C)=O)cc1F. The summed E-state index contributed by atoms with van der Waals surface area (Å²) in [4.78, 5) is 21.8. The van der Waals surface area contributed by atoms with Gasteiger partial charge in [0, 0.05) is 24.7 Å². The van der Waals surface area contributed by atoms with Crippen LogP contribution in [0.15, 0.2) is 18.2 Å². The predicted molar refractivity (Wildman–Crippen MR) is 72.4 cm³/mol. The molecule has 0 atom stereocenters. The van der Waals surface area contributed by atoms with Gasteiger partial charge in [0.25, 0.3) is 0 Å². The van der Waals surface area contributed by atoms with Crippen molar-refractivity contribution >= 4 is 22.8 Å². The maximum absolute atomic E-state index is 13.6. The van der Waals surface area contributed by atoms with Gasteiger partial charge in [-0.1, -0.05) is 23.6 Å². The Labute approximate surface area is 115 Å². The van der Waals surface area contributed by atoms with Crippen molar-refractivity contribution in [2.24, 2.45) is 0 Å². The van der Waals surface area contributed by atoms with Gasteiger partial charge in [-0.3, -0.25) is 4.79 Å². The van der Waals surface area contributed by atoms with Crippen LogP contribution < -0.4 is 0 Å². The van der Waals surface area contributed by atoms with Crippen LogP contribution in [0, 0.1) is 17.7 Å². The molecular formula is C14H13FO3S. The van der Waals surface area contributed by atoms with E-state index in [1.807, 2.05) is 0 Å². The van der Waals surface area contributed by atoms with Gasteiger partial charge in [-0.05, 0) is 18.2 Å². The van der Waals surface area contributed by atoms with E-state index in [2.05, 4.69) is 16.6 Å². The van der Waals surface area contributed by atoms with Gasteiger partial charge in [-0.25, -0.2) is 9.18 Å². The predicted octanol–water partition coefficient (Wildman–Crippen LogP) is 2.63. The molecule has 19 heavy (non-hydrogen) atoms. The highest BCUT2D eigenvalue weighted by Crippen LogP contribution is 2.11. The zero-order valence-corrected chi connectivity index (χ0v) is 11.5. The average molecular weight is 280 g/mol. The topological polar surface area (TPSA) is 43.4 Å². The highest BCUT2D eigenvalue weighted by molar-refractivity contribution is 8.13. The molecule has 3 nitrogen and oxygen atoms in total. The Morgan fingerprint density at radius 1 is 1.42 bits per heavy atom. The number of ether oxygens (including phenoxy) is 1. The van der Waals surface area contributed by atoms with E-state index >= 15 is 0 Å². The Morgan fingerprint density at radius 3 is 2.74 bits per heavy atom. The molecule has 0 fully saturated rings. The largest absolute Gasteiger partial charge is 0.465 e. The molecule has 0 saturated heterocycles. The number of thioether (sulfide) groups is 1. The lowest BCUT2D eigenvalue weighted by molar-refractivity contribution is -0.109. The lowest BCUT2D eigenvalue weighted by atomic mass is 10.1. The highest BCUT2D eigenvalue weighted by Gasteiger charge is 2.11. The third kappa shape index (κ3) is 5.14. The summed E-state index contributed by atoms with van der Waals surface area (Å²) in [6.07, 6.45) is 0.546. The van der Waals surface area contributed by atoms with E-state index in [-0.39, 0.29) is 10.7 Å². The fraction of sp³-hybridized carbons (Fsp3) is 0.286. The zero-order valence-electron chi connectivity index (χ0n) is 10.7. The minimum Gasteiger partial charge on any atom is -0.465 e. The van der Waals surface area contributed by atoms with Crippen LogP contribution in [-0.4, -0.2) is 23.9 Å². The first-order valence-corrected chi connectivity index (χ1v) is 6.53. The summed E-state index contributed by atoms with van der Waals surface area (Å²) in [5.41, 5.74) is 0.373. The molecule has 0 spiro atoms. The molecule has 5 heteroatoms. The maximum Gasteiger partial charge on any atom is 0.340 e. The first-order valence-electron chi connectivity index (χ1n) is 5.54. The third-order valence-corrected chi connectivity index (χ3v) is 2.95. The van der Waals surface area contributed by atoms with Gasteiger partial charge in [0.05, 0.1) is 12.7 Å². The molecule has 1 rings (SSSR count). The lowest BCUT2D eigenvalue weighted by Crippen LogP contribution is -2.04. The summed E-state index contributed by atoms with van der Waals surface area (Å²) in [5.74, 6) is 4.86. The summed E-state index contributed by atoms with van der Waals surface area (Å²) in [5, 5.41) is 0.0512. The number of hydrogen-bond acceptors (Lipinski definition) is 4. The molecule has 0 unspecified atom stereocenters. The molecular weight excluding hydrogens is 267 g/mol. The molecule has 0 aliphatic carbocycles. The summed E-state index contributed by atoms with van der Waals surface area (Å²) >= 11 is 1.20. The Hall–Kier alpha value is -1.80. The molecule has 0 saturated carbocycles. The van der Waals surface area contributed by atoms with Crippen LogP contribution in [0.4, 0.5) is 4.39 Å². The molecule has 1 aromatic carbocycles. The van der Waals surface area contributed by atoms with Crippen molar-refractivity contribution in [3.05, 3.63) is 35.1 Å². The van der Waals surface area contributed by atoms with Crippen LogP contribution >= 0.6 is 11.8 Å². The monoisotopic (exact) mass is 280 g/mol. The second kappa shape index (κ2) is 7.59. The zero-order chi connectivity index (χ0) is 14.3. The molecule has 0 radical (unpaired) electrons. The lowest BCUT2D eigenvalue weighted by Gasteiger charge is -2.00. The van der Waals surface area contributed by atoms with Crippen LogP contribution in [-0.2, 0) is 9.53 Å². The van der Waals surface area contributed by atoms with Crippen LogP contribution in [0.3, 0.4) is 0 Å². The number of carbonyl (C=O) groups excluding carboxylic acids is 2. The van der Waals surface area contributed by atoms with Gasteiger partial charge >= 0.3 is 5.97 Å². The Balaban J connectivity index is 2.66. The fourth-order valence-corrected chi connectivity index (χ4v) is 1.77. The molecule has 0 aliphatic rings. The minimum atomic E-state index is -0.713. The van der Waals surface area contributed by atoms with E-state index < -0.39 is 11.8 Å². The first kappa shape index (κ1) is 15.3. The van der Waals surface area contributed by atoms with Crippen molar-refractivity contribution in [2.75, 3.05) is 12.9 Å². The van der Waals surface area contributed by atoms with Gasteiger partial charge in [0.15, 0.2) is 5.12 Å². The van der Waals surface area contributed by atoms with Gasteiger partial charge in [0.2, 0.25) is 0 Å². The minimum absolute atomic E-state index is 0.0512. The number of benzene rings is 1. The second-order valence-corrected chi connectivity index (χ2v) is 4.85. The van der Waals surface area contributed by atoms with E-state index in [1.165, 1.54) is 37.9 Å². The molecule has 1 aromatic rings. The van der Waals surface area contributed by atoms with Crippen molar-refractivity contribution in [2.45, 2.75) is 13.3 Å². The van der Waals surface area contributed by atoms with Crippen LogP contribution in [0.1, 0.15) is 29.3 Å².